The summed E-state index contributed by atoms with van der Waals surface area (Å²) in [6.45, 7) is 3.99. The summed E-state index contributed by atoms with van der Waals surface area (Å²) in [6, 6.07) is 9.57. The third kappa shape index (κ3) is 3.14. The average molecular weight is 349 g/mol. The number of nitrogens with one attached hydrogen (secondary N) is 1. The predicted molar refractivity (Wildman–Crippen MR) is 99.2 cm³/mol. The molecule has 134 valence electrons. The molecule has 3 aromatic rings. The van der Waals surface area contributed by atoms with Crippen molar-refractivity contribution in [1.82, 2.24) is 24.6 Å². The zero-order valence-corrected chi connectivity index (χ0v) is 15.3. The van der Waals surface area contributed by atoms with Gasteiger partial charge in [-0.15, -0.1) is 0 Å². The van der Waals surface area contributed by atoms with Crippen molar-refractivity contribution in [2.24, 2.45) is 13.0 Å². The molecule has 1 saturated carbocycles. The zero-order valence-electron chi connectivity index (χ0n) is 15.3. The van der Waals surface area contributed by atoms with Gasteiger partial charge in [0.1, 0.15) is 5.82 Å². The van der Waals surface area contributed by atoms with Gasteiger partial charge in [-0.3, -0.25) is 4.79 Å². The van der Waals surface area contributed by atoms with E-state index in [-0.39, 0.29) is 11.9 Å². The Morgan fingerprint density at radius 2 is 1.96 bits per heavy atom. The minimum Gasteiger partial charge on any atom is -0.342 e. The van der Waals surface area contributed by atoms with E-state index in [9.17, 15) is 4.79 Å². The smallest absolute Gasteiger partial charge is 0.251 e. The summed E-state index contributed by atoms with van der Waals surface area (Å²) >= 11 is 0. The standard InChI is InChI=1S/C20H23N5O/c1-13-12-14(2)25(23-13)17-8-6-16(7-9-17)20(26)22-18(15-4-5-15)19-21-10-11-24(19)3/h6-12,15,18H,4-5H2,1-3H3,(H,22,26)/t18-/m0/s1. The lowest BCUT2D eigenvalue weighted by Crippen LogP contribution is -2.31. The maximum Gasteiger partial charge on any atom is 0.251 e. The number of aryl methyl sites for hydroxylation is 3. The van der Waals surface area contributed by atoms with Crippen LogP contribution < -0.4 is 5.32 Å². The van der Waals surface area contributed by atoms with Crippen LogP contribution in [0.15, 0.2) is 42.7 Å². The highest BCUT2D eigenvalue weighted by Crippen LogP contribution is 2.40. The minimum absolute atomic E-state index is 0.0295. The summed E-state index contributed by atoms with van der Waals surface area (Å²) < 4.78 is 3.87. The molecule has 0 radical (unpaired) electrons. The third-order valence-corrected chi connectivity index (χ3v) is 4.90. The van der Waals surface area contributed by atoms with Crippen LogP contribution in [0.3, 0.4) is 0 Å². The molecule has 1 fully saturated rings. The third-order valence-electron chi connectivity index (χ3n) is 4.90. The van der Waals surface area contributed by atoms with Gasteiger partial charge in [-0.25, -0.2) is 9.67 Å². The zero-order chi connectivity index (χ0) is 18.3. The fraction of sp³-hybridized carbons (Fsp3) is 0.350. The molecule has 0 saturated heterocycles. The average Bonchev–Trinajstić information content (AvgIpc) is 3.30. The van der Waals surface area contributed by atoms with Gasteiger partial charge in [0.25, 0.3) is 5.91 Å². The Bertz CT molecular complexity index is 934. The molecule has 0 aliphatic heterocycles. The summed E-state index contributed by atoms with van der Waals surface area (Å²) in [7, 11) is 1.97. The van der Waals surface area contributed by atoms with Gasteiger partial charge in [-0.05, 0) is 62.9 Å². The van der Waals surface area contributed by atoms with Gasteiger partial charge >= 0.3 is 0 Å². The number of imidazole rings is 1. The Labute approximate surface area is 152 Å². The SMILES string of the molecule is Cc1cc(C)n(-c2ccc(C(=O)N[C@H](c3nccn3C)C3CC3)cc2)n1. The number of hydrogen-bond donors (Lipinski definition) is 1. The number of carbonyl (C=O) groups is 1. The van der Waals surface area contributed by atoms with E-state index < -0.39 is 0 Å². The predicted octanol–water partition coefficient (Wildman–Crippen LogP) is 3.10. The first-order valence-electron chi connectivity index (χ1n) is 8.95. The second-order valence-corrected chi connectivity index (χ2v) is 7.07. The van der Waals surface area contributed by atoms with Gasteiger partial charge < -0.3 is 9.88 Å². The largest absolute Gasteiger partial charge is 0.342 e. The second kappa shape index (κ2) is 6.44. The number of nitrogens with zero attached hydrogens (tertiary/aromatic N) is 4. The van der Waals surface area contributed by atoms with Crippen LogP contribution in [0, 0.1) is 19.8 Å². The highest BCUT2D eigenvalue weighted by molar-refractivity contribution is 5.94. The van der Waals surface area contributed by atoms with Gasteiger partial charge in [-0.1, -0.05) is 0 Å². The van der Waals surface area contributed by atoms with Crippen molar-refractivity contribution in [3.05, 3.63) is 65.5 Å². The lowest BCUT2D eigenvalue weighted by Gasteiger charge is -2.18. The molecular weight excluding hydrogens is 326 g/mol. The van der Waals surface area contributed by atoms with Crippen LogP contribution in [0.1, 0.15) is 46.5 Å². The van der Waals surface area contributed by atoms with Crippen LogP contribution in [0.25, 0.3) is 5.69 Å². The highest BCUT2D eigenvalue weighted by Gasteiger charge is 2.35. The molecular formula is C20H23N5O. The molecule has 1 amide bonds. The first-order chi connectivity index (χ1) is 12.5. The van der Waals surface area contributed by atoms with Gasteiger partial charge in [0.15, 0.2) is 0 Å². The fourth-order valence-corrected chi connectivity index (χ4v) is 3.37. The van der Waals surface area contributed by atoms with Crippen LogP contribution in [0.4, 0.5) is 0 Å². The van der Waals surface area contributed by atoms with Crippen molar-refractivity contribution >= 4 is 5.91 Å². The maximum atomic E-state index is 12.7. The lowest BCUT2D eigenvalue weighted by molar-refractivity contribution is 0.0929. The topological polar surface area (TPSA) is 64.7 Å². The van der Waals surface area contributed by atoms with Crippen LogP contribution in [-0.4, -0.2) is 25.2 Å². The highest BCUT2D eigenvalue weighted by atomic mass is 16.1. The molecule has 1 aromatic carbocycles. The molecule has 1 atom stereocenters. The molecule has 6 nitrogen and oxygen atoms in total. The molecule has 26 heavy (non-hydrogen) atoms. The van der Waals surface area contributed by atoms with Gasteiger partial charge in [0.05, 0.1) is 17.4 Å². The summed E-state index contributed by atoms with van der Waals surface area (Å²) in [5, 5.41) is 7.65. The van der Waals surface area contributed by atoms with E-state index in [2.05, 4.69) is 15.4 Å². The number of carbonyl (C=O) groups excluding carboxylic acids is 1. The summed E-state index contributed by atoms with van der Waals surface area (Å²) in [5.41, 5.74) is 3.65. The summed E-state index contributed by atoms with van der Waals surface area (Å²) in [6.07, 6.45) is 5.96. The Kier molecular flexibility index (Phi) is 4.11. The van der Waals surface area contributed by atoms with E-state index in [0.717, 1.165) is 35.7 Å². The quantitative estimate of drug-likeness (QED) is 0.770. The van der Waals surface area contributed by atoms with Crippen molar-refractivity contribution in [3.8, 4) is 5.69 Å². The molecule has 0 unspecified atom stereocenters. The monoisotopic (exact) mass is 349 g/mol. The van der Waals surface area contributed by atoms with Crippen LogP contribution in [0.5, 0.6) is 0 Å². The number of amides is 1. The van der Waals surface area contributed by atoms with E-state index in [4.69, 9.17) is 0 Å². The van der Waals surface area contributed by atoms with Crippen molar-refractivity contribution in [3.63, 3.8) is 0 Å². The Morgan fingerprint density at radius 1 is 1.23 bits per heavy atom. The Hall–Kier alpha value is -2.89. The number of aromatic nitrogens is 4. The normalized spacial score (nSPS) is 15.0. The van der Waals surface area contributed by atoms with Crippen molar-refractivity contribution in [2.45, 2.75) is 32.7 Å². The van der Waals surface area contributed by atoms with E-state index in [1.807, 2.05) is 66.7 Å². The molecule has 1 aliphatic carbocycles. The molecule has 1 aliphatic rings. The molecule has 6 heteroatoms. The van der Waals surface area contributed by atoms with Crippen molar-refractivity contribution in [1.29, 1.82) is 0 Å². The van der Waals surface area contributed by atoms with Gasteiger partial charge in [0.2, 0.25) is 0 Å². The first-order valence-corrected chi connectivity index (χ1v) is 8.95. The van der Waals surface area contributed by atoms with E-state index in [0.29, 0.717) is 11.5 Å². The molecule has 0 spiro atoms. The fourth-order valence-electron chi connectivity index (χ4n) is 3.37. The number of hydrogen-bond acceptors (Lipinski definition) is 3. The van der Waals surface area contributed by atoms with Crippen molar-refractivity contribution < 1.29 is 4.79 Å². The summed E-state index contributed by atoms with van der Waals surface area (Å²) in [4.78, 5) is 17.2. The molecule has 2 heterocycles. The van der Waals surface area contributed by atoms with E-state index in [1.54, 1.807) is 6.20 Å². The maximum absolute atomic E-state index is 12.7. The van der Waals surface area contributed by atoms with Crippen molar-refractivity contribution in [2.75, 3.05) is 0 Å². The Balaban J connectivity index is 1.53. The lowest BCUT2D eigenvalue weighted by atomic mass is 10.1. The Morgan fingerprint density at radius 3 is 2.50 bits per heavy atom. The second-order valence-electron chi connectivity index (χ2n) is 7.07. The molecule has 4 rings (SSSR count). The van der Waals surface area contributed by atoms with Gasteiger partial charge in [-0.2, -0.15) is 5.10 Å². The van der Waals surface area contributed by atoms with E-state index >= 15 is 0 Å². The minimum atomic E-state index is -0.0650. The summed E-state index contributed by atoms with van der Waals surface area (Å²) in [5.74, 6) is 1.33. The van der Waals surface area contributed by atoms with Crippen LogP contribution >= 0.6 is 0 Å². The first kappa shape index (κ1) is 16.6. The van der Waals surface area contributed by atoms with Crippen LogP contribution in [0.2, 0.25) is 0 Å². The molecule has 0 bridgehead atoms. The van der Waals surface area contributed by atoms with Gasteiger partial charge in [0, 0.05) is 30.7 Å². The van der Waals surface area contributed by atoms with Crippen LogP contribution in [-0.2, 0) is 7.05 Å². The van der Waals surface area contributed by atoms with E-state index in [1.165, 1.54) is 0 Å². The molecule has 1 N–H and O–H groups in total. The molecule has 2 aromatic heterocycles. The number of benzene rings is 1. The number of rotatable bonds is 5.